The molecule has 2 aromatic rings. The molecule has 56 valence electrons. The molecule has 0 atom stereocenters. The Labute approximate surface area is 71.8 Å². The van der Waals surface area contributed by atoms with Gasteiger partial charge in [0.2, 0.25) is 5.28 Å². The van der Waals surface area contributed by atoms with Gasteiger partial charge < -0.3 is 0 Å². The molecule has 0 aliphatic rings. The number of hydrogen-bond acceptors (Lipinski definition) is 3. The molecule has 2 rings (SSSR count). The molecule has 0 unspecified atom stereocenters. The Balaban J connectivity index is 2.82. The van der Waals surface area contributed by atoms with Gasteiger partial charge in [-0.2, -0.15) is 4.98 Å². The molecule has 2 aromatic heterocycles. The van der Waals surface area contributed by atoms with Gasteiger partial charge in [0.05, 0.1) is 17.4 Å². The zero-order valence-corrected chi connectivity index (χ0v) is 6.71. The predicted octanol–water partition coefficient (Wildman–Crippen LogP) is 1.43. The maximum absolute atomic E-state index is 5.63. The van der Waals surface area contributed by atoms with E-state index in [1.807, 2.05) is 0 Å². The van der Waals surface area contributed by atoms with Crippen molar-refractivity contribution in [3.05, 3.63) is 22.7 Å². The summed E-state index contributed by atoms with van der Waals surface area (Å²) in [6.45, 7) is 0. The fraction of sp³-hybridized carbons (Fsp3) is 0. The smallest absolute Gasteiger partial charge is 0.218 e. The average molecular weight is 189 g/mol. The van der Waals surface area contributed by atoms with Gasteiger partial charge in [0.15, 0.2) is 0 Å². The van der Waals surface area contributed by atoms with Gasteiger partial charge in [0.25, 0.3) is 5.78 Å². The van der Waals surface area contributed by atoms with E-state index in [2.05, 4.69) is 15.1 Å². The average Bonchev–Trinajstić information content (AvgIpc) is 2.27. The minimum Gasteiger partial charge on any atom is -0.218 e. The van der Waals surface area contributed by atoms with E-state index in [0.29, 0.717) is 10.8 Å². The van der Waals surface area contributed by atoms with E-state index in [1.165, 1.54) is 10.7 Å². The standard InChI is InChI=1S/C5H2Cl2N4/c6-3-1-8-5-9-4(7)10-11(5)2-3/h1-2H. The maximum Gasteiger partial charge on any atom is 0.253 e. The molecular weight excluding hydrogens is 187 g/mol. The van der Waals surface area contributed by atoms with Crippen LogP contribution in [0, 0.1) is 0 Å². The monoisotopic (exact) mass is 188 g/mol. The van der Waals surface area contributed by atoms with E-state index in [4.69, 9.17) is 23.2 Å². The first-order valence-electron chi connectivity index (χ1n) is 2.79. The summed E-state index contributed by atoms with van der Waals surface area (Å²) in [6, 6.07) is 0. The van der Waals surface area contributed by atoms with Crippen molar-refractivity contribution in [2.24, 2.45) is 0 Å². The van der Waals surface area contributed by atoms with Crippen LogP contribution in [-0.2, 0) is 0 Å². The quantitative estimate of drug-likeness (QED) is 0.629. The van der Waals surface area contributed by atoms with Gasteiger partial charge in [-0.1, -0.05) is 11.6 Å². The van der Waals surface area contributed by atoms with Crippen LogP contribution in [0.2, 0.25) is 10.3 Å². The molecule has 0 amide bonds. The Morgan fingerprint density at radius 3 is 3.00 bits per heavy atom. The van der Waals surface area contributed by atoms with Crippen molar-refractivity contribution in [3.63, 3.8) is 0 Å². The largest absolute Gasteiger partial charge is 0.253 e. The van der Waals surface area contributed by atoms with Gasteiger partial charge >= 0.3 is 0 Å². The lowest BCUT2D eigenvalue weighted by atomic mass is 10.7. The highest BCUT2D eigenvalue weighted by atomic mass is 35.5. The summed E-state index contributed by atoms with van der Waals surface area (Å²) in [7, 11) is 0. The first-order chi connectivity index (χ1) is 5.25. The van der Waals surface area contributed by atoms with Gasteiger partial charge in [0.1, 0.15) is 0 Å². The highest BCUT2D eigenvalue weighted by molar-refractivity contribution is 6.30. The van der Waals surface area contributed by atoms with Gasteiger partial charge in [-0.3, -0.25) is 0 Å². The Morgan fingerprint density at radius 1 is 1.36 bits per heavy atom. The summed E-state index contributed by atoms with van der Waals surface area (Å²) < 4.78 is 1.42. The van der Waals surface area contributed by atoms with Crippen LogP contribution in [0.3, 0.4) is 0 Å². The second-order valence-corrected chi connectivity index (χ2v) is 2.67. The lowest BCUT2D eigenvalue weighted by Gasteiger charge is -1.88. The molecule has 2 heterocycles. The van der Waals surface area contributed by atoms with Crippen LogP contribution in [0.15, 0.2) is 12.4 Å². The second-order valence-electron chi connectivity index (χ2n) is 1.90. The number of aromatic nitrogens is 4. The highest BCUT2D eigenvalue weighted by Gasteiger charge is 2.00. The maximum atomic E-state index is 5.63. The molecule has 0 spiro atoms. The van der Waals surface area contributed by atoms with Crippen molar-refractivity contribution < 1.29 is 0 Å². The summed E-state index contributed by atoms with van der Waals surface area (Å²) >= 11 is 11.1. The Morgan fingerprint density at radius 2 is 2.18 bits per heavy atom. The van der Waals surface area contributed by atoms with Crippen LogP contribution < -0.4 is 0 Å². The second kappa shape index (κ2) is 2.32. The normalized spacial score (nSPS) is 10.7. The minimum atomic E-state index is 0.166. The number of rotatable bonds is 0. The first-order valence-corrected chi connectivity index (χ1v) is 3.55. The molecule has 0 radical (unpaired) electrons. The molecule has 0 aliphatic heterocycles. The number of nitrogens with zero attached hydrogens (tertiary/aromatic N) is 4. The molecule has 0 saturated carbocycles. The fourth-order valence-corrected chi connectivity index (χ4v) is 1.03. The van der Waals surface area contributed by atoms with E-state index >= 15 is 0 Å². The molecule has 0 fully saturated rings. The van der Waals surface area contributed by atoms with E-state index in [0.717, 1.165) is 0 Å². The molecule has 0 saturated heterocycles. The van der Waals surface area contributed by atoms with Crippen LogP contribution >= 0.6 is 23.2 Å². The molecule has 0 aromatic carbocycles. The summed E-state index contributed by atoms with van der Waals surface area (Å²) in [4.78, 5) is 7.68. The Bertz CT molecular complexity index is 396. The number of halogens is 2. The van der Waals surface area contributed by atoms with Crippen LogP contribution in [0.5, 0.6) is 0 Å². The zero-order chi connectivity index (χ0) is 7.84. The molecule has 0 bridgehead atoms. The molecule has 6 heteroatoms. The van der Waals surface area contributed by atoms with Crippen LogP contribution in [-0.4, -0.2) is 19.6 Å². The highest BCUT2D eigenvalue weighted by Crippen LogP contribution is 2.08. The third kappa shape index (κ3) is 1.15. The van der Waals surface area contributed by atoms with Gasteiger partial charge in [-0.05, 0) is 11.6 Å². The number of hydrogen-bond donors (Lipinski definition) is 0. The molecule has 11 heavy (non-hydrogen) atoms. The van der Waals surface area contributed by atoms with Crippen molar-refractivity contribution in [1.82, 2.24) is 19.6 Å². The fourth-order valence-electron chi connectivity index (χ4n) is 0.734. The van der Waals surface area contributed by atoms with E-state index in [1.54, 1.807) is 6.20 Å². The predicted molar refractivity (Wildman–Crippen MR) is 40.8 cm³/mol. The summed E-state index contributed by atoms with van der Waals surface area (Å²) in [5, 5.41) is 4.46. The van der Waals surface area contributed by atoms with Gasteiger partial charge in [-0.15, -0.1) is 5.10 Å². The lowest BCUT2D eigenvalue weighted by Crippen LogP contribution is -1.88. The van der Waals surface area contributed by atoms with Crippen molar-refractivity contribution >= 4 is 29.0 Å². The summed E-state index contributed by atoms with van der Waals surface area (Å²) in [5.41, 5.74) is 0. The molecule has 0 N–H and O–H groups in total. The van der Waals surface area contributed by atoms with Crippen molar-refractivity contribution in [3.8, 4) is 0 Å². The van der Waals surface area contributed by atoms with Crippen molar-refractivity contribution in [2.75, 3.05) is 0 Å². The Kier molecular flexibility index (Phi) is 1.44. The van der Waals surface area contributed by atoms with Crippen LogP contribution in [0.25, 0.3) is 5.78 Å². The minimum absolute atomic E-state index is 0.166. The molecular formula is C5H2Cl2N4. The summed E-state index contributed by atoms with van der Waals surface area (Å²) in [6.07, 6.45) is 3.07. The first kappa shape index (κ1) is 6.82. The van der Waals surface area contributed by atoms with Gasteiger partial charge in [-0.25, -0.2) is 9.50 Å². The third-order valence-electron chi connectivity index (χ3n) is 1.14. The van der Waals surface area contributed by atoms with Crippen molar-refractivity contribution in [2.45, 2.75) is 0 Å². The summed E-state index contributed by atoms with van der Waals surface area (Å²) in [5.74, 6) is 0.444. The Hall–Kier alpha value is -0.870. The molecule has 4 nitrogen and oxygen atoms in total. The number of fused-ring (bicyclic) bond motifs is 1. The van der Waals surface area contributed by atoms with E-state index in [-0.39, 0.29) is 5.28 Å². The van der Waals surface area contributed by atoms with E-state index in [9.17, 15) is 0 Å². The third-order valence-corrected chi connectivity index (χ3v) is 1.49. The lowest BCUT2D eigenvalue weighted by molar-refractivity contribution is 0.939. The topological polar surface area (TPSA) is 43.1 Å². The van der Waals surface area contributed by atoms with Crippen molar-refractivity contribution in [1.29, 1.82) is 0 Å². The van der Waals surface area contributed by atoms with Crippen LogP contribution in [0.4, 0.5) is 0 Å². The molecule has 0 aliphatic carbocycles. The zero-order valence-electron chi connectivity index (χ0n) is 5.20. The van der Waals surface area contributed by atoms with Crippen LogP contribution in [0.1, 0.15) is 0 Å². The van der Waals surface area contributed by atoms with Gasteiger partial charge in [0, 0.05) is 0 Å². The van der Waals surface area contributed by atoms with E-state index < -0.39 is 0 Å². The SMILES string of the molecule is Clc1cnc2nc(Cl)nn2c1.